The van der Waals surface area contributed by atoms with Gasteiger partial charge >= 0.3 is 0 Å². The first-order valence-corrected chi connectivity index (χ1v) is 8.63. The zero-order valence-electron chi connectivity index (χ0n) is 13.9. The van der Waals surface area contributed by atoms with E-state index in [0.29, 0.717) is 17.2 Å². The summed E-state index contributed by atoms with van der Waals surface area (Å²) in [5.74, 6) is -0.0300. The van der Waals surface area contributed by atoms with Crippen LogP contribution in [-0.2, 0) is 13.6 Å². The number of amides is 2. The molecule has 128 valence electrons. The van der Waals surface area contributed by atoms with Crippen molar-refractivity contribution in [3.63, 3.8) is 0 Å². The lowest BCUT2D eigenvalue weighted by molar-refractivity contribution is 0.0944. The van der Waals surface area contributed by atoms with E-state index in [0.717, 1.165) is 11.1 Å². The Kier molecular flexibility index (Phi) is 4.95. The Morgan fingerprint density at radius 1 is 1.16 bits per heavy atom. The van der Waals surface area contributed by atoms with Gasteiger partial charge in [0, 0.05) is 19.7 Å². The number of nitrogens with zero attached hydrogens (tertiary/aromatic N) is 2. The van der Waals surface area contributed by atoms with Crippen LogP contribution in [0.4, 0.5) is 5.82 Å². The second kappa shape index (κ2) is 7.31. The maximum Gasteiger partial charge on any atom is 0.272 e. The number of anilines is 1. The van der Waals surface area contributed by atoms with Gasteiger partial charge in [0.25, 0.3) is 11.8 Å². The van der Waals surface area contributed by atoms with Gasteiger partial charge in [0.05, 0.1) is 4.88 Å². The smallest absolute Gasteiger partial charge is 0.272 e. The molecule has 0 unspecified atom stereocenters. The molecule has 2 N–H and O–H groups in total. The molecule has 0 saturated heterocycles. The van der Waals surface area contributed by atoms with E-state index in [2.05, 4.69) is 15.7 Å². The molecule has 3 aromatic rings. The molecule has 0 atom stereocenters. The first kappa shape index (κ1) is 16.9. The van der Waals surface area contributed by atoms with E-state index in [9.17, 15) is 9.59 Å². The molecule has 1 aromatic carbocycles. The molecule has 0 spiro atoms. The van der Waals surface area contributed by atoms with Gasteiger partial charge in [-0.1, -0.05) is 35.9 Å². The van der Waals surface area contributed by atoms with Crippen molar-refractivity contribution in [3.8, 4) is 0 Å². The highest BCUT2D eigenvalue weighted by molar-refractivity contribution is 7.12. The van der Waals surface area contributed by atoms with Crippen molar-refractivity contribution < 1.29 is 9.59 Å². The van der Waals surface area contributed by atoms with Crippen LogP contribution < -0.4 is 10.6 Å². The average Bonchev–Trinajstić information content (AvgIpc) is 3.23. The maximum absolute atomic E-state index is 12.3. The molecule has 6 nitrogen and oxygen atoms in total. The van der Waals surface area contributed by atoms with Crippen molar-refractivity contribution in [1.82, 2.24) is 15.1 Å². The zero-order chi connectivity index (χ0) is 17.8. The molecule has 0 bridgehead atoms. The monoisotopic (exact) mass is 354 g/mol. The third-order valence-corrected chi connectivity index (χ3v) is 4.50. The minimum absolute atomic E-state index is 0.218. The summed E-state index contributed by atoms with van der Waals surface area (Å²) < 4.78 is 1.48. The highest BCUT2D eigenvalue weighted by Crippen LogP contribution is 2.14. The quantitative estimate of drug-likeness (QED) is 0.739. The van der Waals surface area contributed by atoms with Crippen LogP contribution >= 0.6 is 11.3 Å². The van der Waals surface area contributed by atoms with Crippen molar-refractivity contribution in [3.05, 3.63) is 69.5 Å². The largest absolute Gasteiger partial charge is 0.347 e. The molecule has 0 aliphatic rings. The first-order chi connectivity index (χ1) is 12.0. The predicted octanol–water partition coefficient (Wildman–Crippen LogP) is 2.97. The number of nitrogens with one attached hydrogen (secondary N) is 2. The number of carbonyl (C=O) groups is 2. The molecule has 0 fully saturated rings. The molecule has 25 heavy (non-hydrogen) atoms. The van der Waals surface area contributed by atoms with Crippen LogP contribution in [0.3, 0.4) is 0 Å². The van der Waals surface area contributed by atoms with E-state index < -0.39 is 0 Å². The third kappa shape index (κ3) is 4.13. The molecule has 2 aromatic heterocycles. The van der Waals surface area contributed by atoms with Crippen LogP contribution in [0.2, 0.25) is 0 Å². The Balaban J connectivity index is 1.65. The number of aromatic nitrogens is 2. The lowest BCUT2D eigenvalue weighted by Gasteiger charge is -2.04. The predicted molar refractivity (Wildman–Crippen MR) is 97.8 cm³/mol. The fourth-order valence-electron chi connectivity index (χ4n) is 2.38. The number of hydrogen-bond donors (Lipinski definition) is 2. The van der Waals surface area contributed by atoms with Crippen LogP contribution in [-0.4, -0.2) is 21.6 Å². The van der Waals surface area contributed by atoms with Crippen molar-refractivity contribution in [2.75, 3.05) is 5.32 Å². The van der Waals surface area contributed by atoms with E-state index in [4.69, 9.17) is 0 Å². The van der Waals surface area contributed by atoms with Gasteiger partial charge in [-0.05, 0) is 23.9 Å². The van der Waals surface area contributed by atoms with Crippen molar-refractivity contribution in [2.24, 2.45) is 7.05 Å². The van der Waals surface area contributed by atoms with E-state index in [1.165, 1.54) is 16.0 Å². The van der Waals surface area contributed by atoms with Crippen LogP contribution in [0.25, 0.3) is 0 Å². The Bertz CT molecular complexity index is 900. The summed E-state index contributed by atoms with van der Waals surface area (Å²) in [7, 11) is 1.68. The molecule has 2 amide bonds. The van der Waals surface area contributed by atoms with Crippen molar-refractivity contribution in [1.29, 1.82) is 0 Å². The molecule has 0 aliphatic carbocycles. The SMILES string of the molecule is Cc1cccc(CNC(=O)c2cc(NC(=O)c3cccs3)n(C)n2)c1. The van der Waals surface area contributed by atoms with Crippen LogP contribution in [0.5, 0.6) is 0 Å². The number of rotatable bonds is 5. The highest BCUT2D eigenvalue weighted by atomic mass is 32.1. The number of hydrogen-bond acceptors (Lipinski definition) is 4. The van der Waals surface area contributed by atoms with Crippen LogP contribution in [0, 0.1) is 6.92 Å². The number of carbonyl (C=O) groups excluding carboxylic acids is 2. The summed E-state index contributed by atoms with van der Waals surface area (Å²) in [5, 5.41) is 11.6. The van der Waals surface area contributed by atoms with E-state index >= 15 is 0 Å². The second-order valence-electron chi connectivity index (χ2n) is 5.64. The van der Waals surface area contributed by atoms with Gasteiger partial charge in [-0.25, -0.2) is 0 Å². The Morgan fingerprint density at radius 2 is 2.00 bits per heavy atom. The number of aryl methyl sites for hydroxylation is 2. The molecule has 3 rings (SSSR count). The second-order valence-corrected chi connectivity index (χ2v) is 6.59. The van der Waals surface area contributed by atoms with E-state index in [-0.39, 0.29) is 17.5 Å². The summed E-state index contributed by atoms with van der Waals surface area (Å²) >= 11 is 1.36. The molecular weight excluding hydrogens is 336 g/mol. The summed E-state index contributed by atoms with van der Waals surface area (Å²) in [4.78, 5) is 25.0. The van der Waals surface area contributed by atoms with Gasteiger partial charge in [0.15, 0.2) is 5.69 Å². The summed E-state index contributed by atoms with van der Waals surface area (Å²) in [6.07, 6.45) is 0. The topological polar surface area (TPSA) is 76.0 Å². The van der Waals surface area contributed by atoms with Gasteiger partial charge in [0.1, 0.15) is 5.82 Å². The highest BCUT2D eigenvalue weighted by Gasteiger charge is 2.15. The zero-order valence-corrected chi connectivity index (χ0v) is 14.8. The Hall–Kier alpha value is -2.93. The van der Waals surface area contributed by atoms with Gasteiger partial charge in [-0.2, -0.15) is 5.10 Å². The van der Waals surface area contributed by atoms with Crippen molar-refractivity contribution in [2.45, 2.75) is 13.5 Å². The Labute approximate surface area is 149 Å². The van der Waals surface area contributed by atoms with Crippen LogP contribution in [0.15, 0.2) is 47.8 Å². The fraction of sp³-hybridized carbons (Fsp3) is 0.167. The number of benzene rings is 1. The fourth-order valence-corrected chi connectivity index (χ4v) is 2.99. The van der Waals surface area contributed by atoms with Crippen LogP contribution in [0.1, 0.15) is 31.3 Å². The normalized spacial score (nSPS) is 10.5. The van der Waals surface area contributed by atoms with Gasteiger partial charge in [-0.15, -0.1) is 11.3 Å². The molecule has 7 heteroatoms. The first-order valence-electron chi connectivity index (χ1n) is 7.75. The summed E-state index contributed by atoms with van der Waals surface area (Å²) in [5.41, 5.74) is 2.43. The lowest BCUT2D eigenvalue weighted by Crippen LogP contribution is -2.23. The van der Waals surface area contributed by atoms with Gasteiger partial charge < -0.3 is 10.6 Å². The van der Waals surface area contributed by atoms with Gasteiger partial charge in [-0.3, -0.25) is 14.3 Å². The lowest BCUT2D eigenvalue weighted by atomic mass is 10.1. The molecule has 0 radical (unpaired) electrons. The third-order valence-electron chi connectivity index (χ3n) is 3.63. The summed E-state index contributed by atoms with van der Waals surface area (Å²) in [6.45, 7) is 2.43. The minimum Gasteiger partial charge on any atom is -0.347 e. The maximum atomic E-state index is 12.3. The Morgan fingerprint density at radius 3 is 2.72 bits per heavy atom. The summed E-state index contributed by atoms with van der Waals surface area (Å²) in [6, 6.07) is 13.1. The molecular formula is C18H18N4O2S. The van der Waals surface area contributed by atoms with E-state index in [1.807, 2.05) is 42.6 Å². The minimum atomic E-state index is -0.284. The van der Waals surface area contributed by atoms with Gasteiger partial charge in [0.2, 0.25) is 0 Å². The standard InChI is InChI=1S/C18H18N4O2S/c1-12-5-3-6-13(9-12)11-19-17(23)14-10-16(22(2)21-14)20-18(24)15-7-4-8-25-15/h3-10H,11H2,1-2H3,(H,19,23)(H,20,24). The number of thiophene rings is 1. The van der Waals surface area contributed by atoms with Crippen molar-refractivity contribution >= 4 is 29.0 Å². The average molecular weight is 354 g/mol. The molecule has 0 aliphatic heterocycles. The van der Waals surface area contributed by atoms with E-state index in [1.54, 1.807) is 19.2 Å². The molecule has 2 heterocycles. The molecule has 0 saturated carbocycles.